The molecule has 0 amide bonds. The van der Waals surface area contributed by atoms with E-state index in [0.717, 1.165) is 75.8 Å². The quantitative estimate of drug-likeness (QED) is 0.174. The van der Waals surface area contributed by atoms with E-state index in [4.69, 9.17) is 19.9 Å². The van der Waals surface area contributed by atoms with E-state index in [0.29, 0.717) is 17.6 Å². The van der Waals surface area contributed by atoms with Gasteiger partial charge < -0.3 is 4.57 Å². The van der Waals surface area contributed by atoms with Crippen LogP contribution in [-0.2, 0) is 0 Å². The second kappa shape index (κ2) is 13.0. The van der Waals surface area contributed by atoms with Crippen molar-refractivity contribution in [2.75, 3.05) is 0 Å². The van der Waals surface area contributed by atoms with Gasteiger partial charge in [-0.3, -0.25) is 4.57 Å². The summed E-state index contributed by atoms with van der Waals surface area (Å²) in [6, 6.07) is 64.2. The predicted octanol–water partition coefficient (Wildman–Crippen LogP) is 14.0. The van der Waals surface area contributed by atoms with Crippen LogP contribution in [0.25, 0.3) is 119 Å². The largest absolute Gasteiger partial charge is 0.306 e. The molecule has 13 rings (SSSR count). The molecule has 8 aromatic carbocycles. The highest BCUT2D eigenvalue weighted by Crippen LogP contribution is 2.44. The van der Waals surface area contributed by atoms with E-state index < -0.39 is 0 Å². The number of para-hydroxylation sites is 2. The molecule has 0 N–H and O–H groups in total. The average Bonchev–Trinajstić information content (AvgIpc) is 4.09. The van der Waals surface area contributed by atoms with Crippen molar-refractivity contribution in [3.8, 4) is 45.0 Å². The van der Waals surface area contributed by atoms with Gasteiger partial charge >= 0.3 is 0 Å². The Morgan fingerprint density at radius 2 is 0.967 bits per heavy atom. The molecule has 0 saturated carbocycles. The van der Waals surface area contributed by atoms with Crippen molar-refractivity contribution in [3.63, 3.8) is 0 Å². The molecule has 5 heterocycles. The van der Waals surface area contributed by atoms with Gasteiger partial charge in [0.05, 0.1) is 38.0 Å². The Kier molecular flexibility index (Phi) is 7.24. The highest BCUT2D eigenvalue weighted by Gasteiger charge is 2.25. The van der Waals surface area contributed by atoms with E-state index in [1.807, 2.05) is 35.6 Å². The van der Waals surface area contributed by atoms with Crippen LogP contribution in [-0.4, -0.2) is 29.1 Å². The van der Waals surface area contributed by atoms with Gasteiger partial charge in [-0.05, 0) is 48.5 Å². The molecule has 6 nitrogen and oxygen atoms in total. The van der Waals surface area contributed by atoms with Crippen LogP contribution in [0.2, 0.25) is 0 Å². The number of hydrogen-bond acceptors (Lipinski definition) is 6. The molecule has 280 valence electrons. The molecular weight excluding hydrogens is 773 g/mol. The SMILES string of the molecule is c1ccc(-c2nc(-c3ccc4sc5ccccc5c4c3)nc(-n3c4ccccc4c4ccc5c6ccccc6n(-c6cccc7nc(-c8ccccc8)sc67)c5c43)n2)cc1. The Morgan fingerprint density at radius 1 is 0.367 bits per heavy atom. The average molecular weight is 803 g/mol. The first-order valence-electron chi connectivity index (χ1n) is 19.9. The van der Waals surface area contributed by atoms with Crippen molar-refractivity contribution < 1.29 is 0 Å². The monoisotopic (exact) mass is 802 g/mol. The fourth-order valence-electron chi connectivity index (χ4n) is 8.95. The topological polar surface area (TPSA) is 61.4 Å². The van der Waals surface area contributed by atoms with Gasteiger partial charge in [0.2, 0.25) is 5.95 Å². The van der Waals surface area contributed by atoms with Crippen LogP contribution in [0.5, 0.6) is 0 Å². The molecule has 0 saturated heterocycles. The fraction of sp³-hybridized carbons (Fsp3) is 0. The van der Waals surface area contributed by atoms with Gasteiger partial charge in [0.25, 0.3) is 0 Å². The summed E-state index contributed by atoms with van der Waals surface area (Å²) in [6.45, 7) is 0. The molecule has 0 unspecified atom stereocenters. The molecule has 0 radical (unpaired) electrons. The van der Waals surface area contributed by atoms with Gasteiger partial charge in [0.15, 0.2) is 11.6 Å². The minimum absolute atomic E-state index is 0.562. The molecule has 0 bridgehead atoms. The zero-order valence-corrected chi connectivity index (χ0v) is 33.5. The van der Waals surface area contributed by atoms with Crippen LogP contribution in [0.3, 0.4) is 0 Å². The highest BCUT2D eigenvalue weighted by atomic mass is 32.1. The normalized spacial score (nSPS) is 12.0. The Labute approximate surface area is 350 Å². The molecule has 0 aliphatic rings. The molecule has 60 heavy (non-hydrogen) atoms. The van der Waals surface area contributed by atoms with Crippen molar-refractivity contribution in [2.45, 2.75) is 0 Å². The predicted molar refractivity (Wildman–Crippen MR) is 251 cm³/mol. The smallest absolute Gasteiger partial charge is 0.238 e. The van der Waals surface area contributed by atoms with Gasteiger partial charge in [-0.15, -0.1) is 22.7 Å². The summed E-state index contributed by atoms with van der Waals surface area (Å²) in [6.07, 6.45) is 0. The van der Waals surface area contributed by atoms with Gasteiger partial charge in [-0.25, -0.2) is 9.97 Å². The molecule has 0 aliphatic heterocycles. The third-order valence-electron chi connectivity index (χ3n) is 11.6. The summed E-state index contributed by atoms with van der Waals surface area (Å²) in [5, 5.41) is 8.01. The number of nitrogens with zero attached hydrogens (tertiary/aromatic N) is 6. The third-order valence-corrected chi connectivity index (χ3v) is 13.9. The molecule has 5 aromatic heterocycles. The number of rotatable bonds is 5. The van der Waals surface area contributed by atoms with E-state index >= 15 is 0 Å². The molecule has 0 spiro atoms. The maximum absolute atomic E-state index is 5.42. The molecule has 0 fully saturated rings. The van der Waals surface area contributed by atoms with E-state index in [1.54, 1.807) is 11.3 Å². The van der Waals surface area contributed by atoms with Crippen LogP contribution in [0, 0.1) is 0 Å². The fourth-order valence-corrected chi connectivity index (χ4v) is 11.1. The lowest BCUT2D eigenvalue weighted by molar-refractivity contribution is 0.954. The maximum atomic E-state index is 5.42. The number of thiazole rings is 1. The first kappa shape index (κ1) is 33.5. The zero-order chi connectivity index (χ0) is 39.3. The summed E-state index contributed by atoms with van der Waals surface area (Å²) in [7, 11) is 0. The summed E-state index contributed by atoms with van der Waals surface area (Å²) in [5.74, 6) is 1.80. The van der Waals surface area contributed by atoms with Crippen LogP contribution in [0.4, 0.5) is 0 Å². The molecular formula is C52H30N6S2. The first-order chi connectivity index (χ1) is 29.7. The van der Waals surface area contributed by atoms with Gasteiger partial charge in [0, 0.05) is 58.4 Å². The van der Waals surface area contributed by atoms with Crippen molar-refractivity contribution >= 4 is 96.7 Å². The Bertz CT molecular complexity index is 3840. The lowest BCUT2D eigenvalue weighted by atomic mass is 10.1. The standard InChI is InChI=1S/C52H30N6S2/c1-3-14-31(15-4-1)49-54-50(33-26-29-45-39(30-33)36-20-9-12-25-44(36)59-45)56-52(55-49)58-42-23-11-8-19-35(42)38-28-27-37-34-18-7-10-22-41(34)57(46(37)47(38)58)43-24-13-21-40-48(43)60-51(53-40)32-16-5-2-6-17-32/h1-30H. The first-order valence-corrected chi connectivity index (χ1v) is 21.5. The van der Waals surface area contributed by atoms with Crippen molar-refractivity contribution in [1.29, 1.82) is 0 Å². The van der Waals surface area contributed by atoms with Crippen LogP contribution in [0.15, 0.2) is 182 Å². The molecule has 13 aromatic rings. The lowest BCUT2D eigenvalue weighted by Crippen LogP contribution is -2.07. The second-order valence-electron chi connectivity index (χ2n) is 15.0. The van der Waals surface area contributed by atoms with Gasteiger partial charge in [-0.1, -0.05) is 133 Å². The molecule has 8 heteroatoms. The number of benzene rings is 8. The van der Waals surface area contributed by atoms with E-state index in [-0.39, 0.29) is 0 Å². The second-order valence-corrected chi connectivity index (χ2v) is 17.1. The number of fused-ring (bicyclic) bond motifs is 11. The van der Waals surface area contributed by atoms with Crippen LogP contribution < -0.4 is 0 Å². The third kappa shape index (κ3) is 4.98. The zero-order valence-electron chi connectivity index (χ0n) is 31.8. The number of hydrogen-bond donors (Lipinski definition) is 0. The maximum Gasteiger partial charge on any atom is 0.238 e. The van der Waals surface area contributed by atoms with E-state index in [1.165, 1.54) is 25.6 Å². The summed E-state index contributed by atoms with van der Waals surface area (Å²) in [5.41, 5.74) is 9.30. The van der Waals surface area contributed by atoms with Gasteiger partial charge in [-0.2, -0.15) is 9.97 Å². The minimum atomic E-state index is 0.562. The van der Waals surface area contributed by atoms with Crippen molar-refractivity contribution in [3.05, 3.63) is 182 Å². The van der Waals surface area contributed by atoms with Crippen molar-refractivity contribution in [2.24, 2.45) is 0 Å². The van der Waals surface area contributed by atoms with Crippen LogP contribution >= 0.6 is 22.7 Å². The number of thiophene rings is 1. The summed E-state index contributed by atoms with van der Waals surface area (Å²) < 4.78 is 8.33. The summed E-state index contributed by atoms with van der Waals surface area (Å²) >= 11 is 3.54. The molecule has 0 atom stereocenters. The lowest BCUT2D eigenvalue weighted by Gasteiger charge is -2.13. The number of aromatic nitrogens is 6. The van der Waals surface area contributed by atoms with Gasteiger partial charge in [0.1, 0.15) is 5.01 Å². The highest BCUT2D eigenvalue weighted by molar-refractivity contribution is 7.25. The van der Waals surface area contributed by atoms with E-state index in [9.17, 15) is 0 Å². The minimum Gasteiger partial charge on any atom is -0.306 e. The van der Waals surface area contributed by atoms with E-state index in [2.05, 4.69) is 167 Å². The molecule has 0 aliphatic carbocycles. The Hall–Kier alpha value is -7.52. The Morgan fingerprint density at radius 3 is 1.72 bits per heavy atom. The van der Waals surface area contributed by atoms with Crippen molar-refractivity contribution in [1.82, 2.24) is 29.1 Å². The van der Waals surface area contributed by atoms with Crippen LogP contribution in [0.1, 0.15) is 0 Å². The summed E-state index contributed by atoms with van der Waals surface area (Å²) in [4.78, 5) is 21.1. The Balaban J connectivity index is 1.15.